The van der Waals surface area contributed by atoms with E-state index < -0.39 is 0 Å². The molecular formula is C10H16N4O2. The second-order valence-electron chi connectivity index (χ2n) is 4.99. The molecule has 0 aliphatic carbocycles. The van der Waals surface area contributed by atoms with Gasteiger partial charge in [-0.25, -0.2) is 4.63 Å². The van der Waals surface area contributed by atoms with E-state index >= 15 is 0 Å². The quantitative estimate of drug-likeness (QED) is 0.766. The zero-order valence-electron chi connectivity index (χ0n) is 9.56. The minimum Gasteiger partial charge on any atom is -0.379 e. The van der Waals surface area contributed by atoms with Gasteiger partial charge >= 0.3 is 0 Å². The Labute approximate surface area is 93.7 Å². The summed E-state index contributed by atoms with van der Waals surface area (Å²) in [5.41, 5.74) is 5.78. The molecule has 0 spiro atoms. The van der Waals surface area contributed by atoms with Crippen molar-refractivity contribution in [3.8, 4) is 0 Å². The third-order valence-corrected chi connectivity index (χ3v) is 2.90. The molecule has 0 bridgehead atoms. The van der Waals surface area contributed by atoms with Gasteiger partial charge in [0.05, 0.1) is 0 Å². The fourth-order valence-electron chi connectivity index (χ4n) is 2.09. The van der Waals surface area contributed by atoms with E-state index in [-0.39, 0.29) is 22.8 Å². The molecule has 0 unspecified atom stereocenters. The zero-order valence-corrected chi connectivity index (χ0v) is 9.56. The fourth-order valence-corrected chi connectivity index (χ4v) is 2.09. The van der Waals surface area contributed by atoms with Crippen LogP contribution in [0.4, 0.5) is 5.82 Å². The molecule has 0 saturated carbocycles. The Hall–Kier alpha value is -1.59. The Morgan fingerprint density at radius 1 is 1.50 bits per heavy atom. The fraction of sp³-hybridized carbons (Fsp3) is 0.700. The highest BCUT2D eigenvalue weighted by atomic mass is 16.6. The number of nitrogen functional groups attached to an aromatic ring is 1. The predicted molar refractivity (Wildman–Crippen MR) is 57.6 cm³/mol. The molecule has 88 valence electrons. The second-order valence-corrected chi connectivity index (χ2v) is 4.99. The molecule has 1 aliphatic heterocycles. The maximum Gasteiger partial charge on any atom is 0.280 e. The lowest BCUT2D eigenvalue weighted by Gasteiger charge is -2.37. The molecule has 16 heavy (non-hydrogen) atoms. The summed E-state index contributed by atoms with van der Waals surface area (Å²) in [4.78, 5) is 13.8. The number of hydrogen-bond donors (Lipinski definition) is 1. The van der Waals surface area contributed by atoms with Crippen molar-refractivity contribution in [2.45, 2.75) is 26.7 Å². The van der Waals surface area contributed by atoms with Crippen molar-refractivity contribution in [2.24, 2.45) is 5.41 Å². The molecule has 1 amide bonds. The molecule has 0 atom stereocenters. The summed E-state index contributed by atoms with van der Waals surface area (Å²) in [5.74, 6) is -0.125. The highest BCUT2D eigenvalue weighted by molar-refractivity contribution is 5.96. The van der Waals surface area contributed by atoms with Crippen LogP contribution in [0.25, 0.3) is 0 Å². The third-order valence-electron chi connectivity index (χ3n) is 2.90. The molecule has 1 saturated heterocycles. The summed E-state index contributed by atoms with van der Waals surface area (Å²) in [5, 5.41) is 6.95. The van der Waals surface area contributed by atoms with Gasteiger partial charge in [-0.2, -0.15) is 0 Å². The van der Waals surface area contributed by atoms with Crippen molar-refractivity contribution in [1.82, 2.24) is 15.2 Å². The normalized spacial score (nSPS) is 19.8. The van der Waals surface area contributed by atoms with Crippen molar-refractivity contribution < 1.29 is 9.42 Å². The van der Waals surface area contributed by atoms with E-state index in [1.807, 2.05) is 0 Å². The average Bonchev–Trinajstić information content (AvgIpc) is 2.62. The minimum absolute atomic E-state index is 0.0633. The van der Waals surface area contributed by atoms with Gasteiger partial charge in [0.15, 0.2) is 0 Å². The summed E-state index contributed by atoms with van der Waals surface area (Å²) in [6.07, 6.45) is 2.13. The molecule has 1 aliphatic rings. The summed E-state index contributed by atoms with van der Waals surface area (Å²) in [7, 11) is 0. The Bertz CT molecular complexity index is 399. The van der Waals surface area contributed by atoms with Gasteiger partial charge in [0.25, 0.3) is 5.91 Å². The smallest absolute Gasteiger partial charge is 0.280 e. The number of nitrogens with two attached hydrogens (primary N) is 1. The summed E-state index contributed by atoms with van der Waals surface area (Å²) >= 11 is 0. The van der Waals surface area contributed by atoms with Crippen LogP contribution >= 0.6 is 0 Å². The van der Waals surface area contributed by atoms with Crippen LogP contribution in [0.15, 0.2) is 4.63 Å². The monoisotopic (exact) mass is 224 g/mol. The lowest BCUT2D eigenvalue weighted by molar-refractivity contribution is 0.0573. The van der Waals surface area contributed by atoms with E-state index in [0.717, 1.165) is 25.9 Å². The molecule has 0 radical (unpaired) electrons. The lowest BCUT2D eigenvalue weighted by atomic mass is 9.84. The zero-order chi connectivity index (χ0) is 11.8. The molecule has 0 aromatic carbocycles. The molecular weight excluding hydrogens is 208 g/mol. The van der Waals surface area contributed by atoms with Crippen LogP contribution in [0, 0.1) is 5.41 Å². The van der Waals surface area contributed by atoms with Crippen LogP contribution in [0.5, 0.6) is 0 Å². The van der Waals surface area contributed by atoms with Crippen LogP contribution < -0.4 is 5.73 Å². The topological polar surface area (TPSA) is 85.2 Å². The van der Waals surface area contributed by atoms with Crippen LogP contribution in [-0.4, -0.2) is 34.2 Å². The number of carbonyl (C=O) groups excluding carboxylic acids is 1. The van der Waals surface area contributed by atoms with E-state index in [9.17, 15) is 4.79 Å². The van der Waals surface area contributed by atoms with Crippen LogP contribution in [0.1, 0.15) is 37.2 Å². The average molecular weight is 224 g/mol. The minimum atomic E-state index is -0.188. The van der Waals surface area contributed by atoms with Gasteiger partial charge in [0, 0.05) is 13.1 Å². The number of rotatable bonds is 1. The number of likely N-dealkylation sites (tertiary alicyclic amines) is 1. The number of hydrogen-bond acceptors (Lipinski definition) is 5. The third kappa shape index (κ3) is 2.00. The summed E-state index contributed by atoms with van der Waals surface area (Å²) < 4.78 is 4.44. The van der Waals surface area contributed by atoms with Crippen molar-refractivity contribution in [2.75, 3.05) is 18.8 Å². The number of amides is 1. The summed E-state index contributed by atoms with van der Waals surface area (Å²) in [6, 6.07) is 0. The Balaban J connectivity index is 2.14. The van der Waals surface area contributed by atoms with E-state index in [1.54, 1.807) is 4.90 Å². The maximum atomic E-state index is 12.1. The number of piperidine rings is 1. The first kappa shape index (κ1) is 10.9. The maximum absolute atomic E-state index is 12.1. The van der Waals surface area contributed by atoms with Gasteiger partial charge in [-0.3, -0.25) is 4.79 Å². The molecule has 1 aromatic rings. The summed E-state index contributed by atoms with van der Waals surface area (Å²) in [6.45, 7) is 5.76. The highest BCUT2D eigenvalue weighted by Gasteiger charge is 2.31. The molecule has 1 aromatic heterocycles. The van der Waals surface area contributed by atoms with Crippen LogP contribution in [0.3, 0.4) is 0 Å². The molecule has 6 nitrogen and oxygen atoms in total. The predicted octanol–water partition coefficient (Wildman–Crippen LogP) is 0.914. The first-order valence-electron chi connectivity index (χ1n) is 5.37. The molecule has 6 heteroatoms. The molecule has 2 rings (SSSR count). The van der Waals surface area contributed by atoms with Gasteiger partial charge in [0.2, 0.25) is 11.5 Å². The van der Waals surface area contributed by atoms with Crippen LogP contribution in [0.2, 0.25) is 0 Å². The van der Waals surface area contributed by atoms with E-state index in [2.05, 4.69) is 28.8 Å². The first-order valence-corrected chi connectivity index (χ1v) is 5.37. The van der Waals surface area contributed by atoms with Gasteiger partial charge < -0.3 is 10.6 Å². The second kappa shape index (κ2) is 3.77. The highest BCUT2D eigenvalue weighted by Crippen LogP contribution is 2.29. The van der Waals surface area contributed by atoms with Gasteiger partial charge in [-0.05, 0) is 28.6 Å². The molecule has 2 N–H and O–H groups in total. The van der Waals surface area contributed by atoms with Crippen molar-refractivity contribution >= 4 is 11.7 Å². The van der Waals surface area contributed by atoms with Crippen LogP contribution in [-0.2, 0) is 0 Å². The van der Waals surface area contributed by atoms with Crippen molar-refractivity contribution in [1.29, 1.82) is 0 Å². The first-order chi connectivity index (χ1) is 7.49. The SMILES string of the molecule is CC1(C)CCCN(C(=O)c2nonc2N)C1. The standard InChI is InChI=1S/C10H16N4O2/c1-10(2)4-3-5-14(6-10)9(15)7-8(11)13-16-12-7/h3-6H2,1-2H3,(H2,11,13). The Morgan fingerprint density at radius 2 is 2.25 bits per heavy atom. The number of nitrogens with zero attached hydrogens (tertiary/aromatic N) is 3. The van der Waals surface area contributed by atoms with Crippen molar-refractivity contribution in [3.63, 3.8) is 0 Å². The van der Waals surface area contributed by atoms with E-state index in [1.165, 1.54) is 0 Å². The van der Waals surface area contributed by atoms with Gasteiger partial charge in [-0.1, -0.05) is 13.8 Å². The van der Waals surface area contributed by atoms with Gasteiger partial charge in [-0.15, -0.1) is 0 Å². The number of anilines is 1. The molecule has 1 fully saturated rings. The van der Waals surface area contributed by atoms with E-state index in [0.29, 0.717) is 0 Å². The lowest BCUT2D eigenvalue weighted by Crippen LogP contribution is -2.43. The Kier molecular flexibility index (Phi) is 2.57. The van der Waals surface area contributed by atoms with E-state index in [4.69, 9.17) is 5.73 Å². The largest absolute Gasteiger partial charge is 0.379 e. The number of carbonyl (C=O) groups is 1. The molecule has 2 heterocycles. The Morgan fingerprint density at radius 3 is 2.81 bits per heavy atom. The number of aromatic nitrogens is 2. The van der Waals surface area contributed by atoms with Gasteiger partial charge in [0.1, 0.15) is 0 Å². The van der Waals surface area contributed by atoms with Crippen molar-refractivity contribution in [3.05, 3.63) is 5.69 Å².